The average molecular weight is 260 g/mol. The summed E-state index contributed by atoms with van der Waals surface area (Å²) in [5, 5.41) is 2.74. The Morgan fingerprint density at radius 2 is 2.37 bits per heavy atom. The number of ether oxygens (including phenoxy) is 2. The van der Waals surface area contributed by atoms with Gasteiger partial charge in [-0.05, 0) is 25.1 Å². The van der Waals surface area contributed by atoms with Gasteiger partial charge in [-0.15, -0.1) is 0 Å². The minimum atomic E-state index is -0.174. The van der Waals surface area contributed by atoms with Crippen molar-refractivity contribution in [2.75, 3.05) is 18.5 Å². The minimum Gasteiger partial charge on any atom is -0.482 e. The molecule has 0 saturated heterocycles. The summed E-state index contributed by atoms with van der Waals surface area (Å²) >= 11 is 0. The highest BCUT2D eigenvalue weighted by atomic mass is 16.6. The van der Waals surface area contributed by atoms with E-state index in [1.807, 2.05) is 13.0 Å². The van der Waals surface area contributed by atoms with E-state index in [1.54, 1.807) is 12.1 Å². The van der Waals surface area contributed by atoms with Crippen LogP contribution in [0.2, 0.25) is 0 Å². The Labute approximate surface area is 109 Å². The summed E-state index contributed by atoms with van der Waals surface area (Å²) in [5.41, 5.74) is 1.36. The van der Waals surface area contributed by atoms with Crippen molar-refractivity contribution in [1.29, 1.82) is 0 Å². The fourth-order valence-electron chi connectivity index (χ4n) is 1.82. The van der Waals surface area contributed by atoms with Crippen molar-refractivity contribution in [1.82, 2.24) is 4.98 Å². The van der Waals surface area contributed by atoms with Crippen molar-refractivity contribution >= 4 is 11.6 Å². The summed E-state index contributed by atoms with van der Waals surface area (Å²) in [4.78, 5) is 15.4. The smallest absolute Gasteiger partial charge is 0.305 e. The van der Waals surface area contributed by atoms with Gasteiger partial charge in [-0.1, -0.05) is 0 Å². The topological polar surface area (TPSA) is 73.6 Å². The van der Waals surface area contributed by atoms with Crippen molar-refractivity contribution < 1.29 is 18.7 Å². The Hall–Kier alpha value is -2.50. The van der Waals surface area contributed by atoms with Crippen LogP contribution in [-0.2, 0) is 4.79 Å². The molecule has 98 valence electrons. The second-order valence-electron chi connectivity index (χ2n) is 3.97. The average Bonchev–Trinajstić information content (AvgIpc) is 2.87. The zero-order valence-corrected chi connectivity index (χ0v) is 10.3. The molecule has 0 spiro atoms. The molecule has 1 amide bonds. The van der Waals surface area contributed by atoms with Crippen LogP contribution in [0.1, 0.15) is 6.92 Å². The number of fused-ring (bicyclic) bond motifs is 1. The maximum atomic E-state index is 11.3. The molecule has 1 aromatic carbocycles. The summed E-state index contributed by atoms with van der Waals surface area (Å²) in [6.45, 7) is 2.43. The fraction of sp³-hybridized carbons (Fsp3) is 0.231. The zero-order chi connectivity index (χ0) is 13.2. The van der Waals surface area contributed by atoms with Gasteiger partial charge >= 0.3 is 5.95 Å². The molecular formula is C13H12N2O4. The molecule has 3 rings (SSSR count). The van der Waals surface area contributed by atoms with E-state index in [4.69, 9.17) is 13.9 Å². The molecule has 0 atom stereocenters. The Balaban J connectivity index is 1.92. The fourth-order valence-corrected chi connectivity index (χ4v) is 1.82. The number of rotatable bonds is 3. The number of aromatic nitrogens is 1. The Morgan fingerprint density at radius 1 is 1.47 bits per heavy atom. The van der Waals surface area contributed by atoms with Crippen LogP contribution in [0.4, 0.5) is 5.69 Å². The van der Waals surface area contributed by atoms with Gasteiger partial charge in [0, 0.05) is 5.56 Å². The molecule has 0 saturated carbocycles. The molecule has 6 heteroatoms. The van der Waals surface area contributed by atoms with Crippen molar-refractivity contribution in [3.8, 4) is 23.1 Å². The third-order valence-corrected chi connectivity index (χ3v) is 2.63. The van der Waals surface area contributed by atoms with Crippen LogP contribution in [0.15, 0.2) is 28.8 Å². The van der Waals surface area contributed by atoms with Crippen molar-refractivity contribution in [2.24, 2.45) is 0 Å². The SMILES string of the molecule is CCOc1cnc(-c2ccc3c(c2)NC(=O)CO3)o1. The van der Waals surface area contributed by atoms with Gasteiger partial charge < -0.3 is 19.2 Å². The molecule has 0 bridgehead atoms. The molecule has 1 aliphatic rings. The maximum absolute atomic E-state index is 11.3. The number of nitrogens with zero attached hydrogens (tertiary/aromatic N) is 1. The van der Waals surface area contributed by atoms with Crippen LogP contribution in [0, 0.1) is 0 Å². The predicted molar refractivity (Wildman–Crippen MR) is 67.2 cm³/mol. The number of oxazole rings is 1. The highest BCUT2D eigenvalue weighted by molar-refractivity contribution is 5.96. The highest BCUT2D eigenvalue weighted by Gasteiger charge is 2.17. The molecule has 2 aromatic rings. The van der Waals surface area contributed by atoms with Gasteiger partial charge in [0.2, 0.25) is 5.89 Å². The van der Waals surface area contributed by atoms with Gasteiger partial charge in [0.1, 0.15) is 11.9 Å². The molecular weight excluding hydrogens is 248 g/mol. The Kier molecular flexibility index (Phi) is 2.83. The number of carbonyl (C=O) groups is 1. The van der Waals surface area contributed by atoms with E-state index in [-0.39, 0.29) is 12.5 Å². The van der Waals surface area contributed by atoms with E-state index in [0.29, 0.717) is 29.9 Å². The number of benzene rings is 1. The van der Waals surface area contributed by atoms with Crippen molar-refractivity contribution in [3.63, 3.8) is 0 Å². The molecule has 1 aromatic heterocycles. The number of hydrogen-bond acceptors (Lipinski definition) is 5. The molecule has 1 aliphatic heterocycles. The van der Waals surface area contributed by atoms with Gasteiger partial charge in [0.15, 0.2) is 6.61 Å². The first-order chi connectivity index (χ1) is 9.26. The number of carbonyl (C=O) groups excluding carboxylic acids is 1. The molecule has 0 aliphatic carbocycles. The van der Waals surface area contributed by atoms with Crippen LogP contribution >= 0.6 is 0 Å². The largest absolute Gasteiger partial charge is 0.482 e. The number of anilines is 1. The molecule has 0 fully saturated rings. The minimum absolute atomic E-state index is 0.0415. The van der Waals surface area contributed by atoms with Gasteiger partial charge in [-0.25, -0.2) is 4.98 Å². The van der Waals surface area contributed by atoms with Crippen LogP contribution in [0.5, 0.6) is 11.7 Å². The summed E-state index contributed by atoms with van der Waals surface area (Å²) < 4.78 is 15.9. The highest BCUT2D eigenvalue weighted by Crippen LogP contribution is 2.33. The lowest BCUT2D eigenvalue weighted by atomic mass is 10.1. The zero-order valence-electron chi connectivity index (χ0n) is 10.3. The van der Waals surface area contributed by atoms with E-state index in [0.717, 1.165) is 5.56 Å². The summed E-state index contributed by atoms with van der Waals surface area (Å²) in [6.07, 6.45) is 1.52. The lowest BCUT2D eigenvalue weighted by Gasteiger charge is -2.17. The molecule has 2 heterocycles. The van der Waals surface area contributed by atoms with Crippen molar-refractivity contribution in [2.45, 2.75) is 6.92 Å². The summed E-state index contributed by atoms with van der Waals surface area (Å²) in [6, 6.07) is 5.35. The number of amides is 1. The van der Waals surface area contributed by atoms with Gasteiger partial charge in [0.05, 0.1) is 12.3 Å². The van der Waals surface area contributed by atoms with Crippen molar-refractivity contribution in [3.05, 3.63) is 24.4 Å². The van der Waals surface area contributed by atoms with E-state index < -0.39 is 0 Å². The third kappa shape index (κ3) is 2.24. The predicted octanol–water partition coefficient (Wildman–Crippen LogP) is 2.07. The molecule has 0 unspecified atom stereocenters. The second-order valence-corrected chi connectivity index (χ2v) is 3.97. The molecule has 19 heavy (non-hydrogen) atoms. The molecule has 1 N–H and O–H groups in total. The van der Waals surface area contributed by atoms with Crippen LogP contribution in [0.3, 0.4) is 0 Å². The maximum Gasteiger partial charge on any atom is 0.305 e. The first-order valence-corrected chi connectivity index (χ1v) is 5.92. The standard InChI is InChI=1S/C13H12N2O4/c1-2-17-12-6-14-13(19-12)8-3-4-10-9(5-8)15-11(16)7-18-10/h3-6H,2,7H2,1H3,(H,15,16). The van der Waals surface area contributed by atoms with Crippen LogP contribution in [0.25, 0.3) is 11.5 Å². The van der Waals surface area contributed by atoms with E-state index in [9.17, 15) is 4.79 Å². The molecule has 6 nitrogen and oxygen atoms in total. The number of hydrogen-bond donors (Lipinski definition) is 1. The first-order valence-electron chi connectivity index (χ1n) is 5.92. The normalized spacial score (nSPS) is 13.4. The Morgan fingerprint density at radius 3 is 3.21 bits per heavy atom. The molecule has 0 radical (unpaired) electrons. The third-order valence-electron chi connectivity index (χ3n) is 2.63. The Bertz CT molecular complexity index is 621. The number of nitrogens with one attached hydrogen (secondary N) is 1. The lowest BCUT2D eigenvalue weighted by Crippen LogP contribution is -2.25. The van der Waals surface area contributed by atoms with Gasteiger partial charge in [0.25, 0.3) is 5.91 Å². The summed E-state index contributed by atoms with van der Waals surface area (Å²) in [5.74, 6) is 1.27. The summed E-state index contributed by atoms with van der Waals surface area (Å²) in [7, 11) is 0. The van der Waals surface area contributed by atoms with E-state index in [2.05, 4.69) is 10.3 Å². The monoisotopic (exact) mass is 260 g/mol. The van der Waals surface area contributed by atoms with Gasteiger partial charge in [-0.3, -0.25) is 4.79 Å². The van der Waals surface area contributed by atoms with E-state index in [1.165, 1.54) is 6.20 Å². The second kappa shape index (κ2) is 4.64. The van der Waals surface area contributed by atoms with Gasteiger partial charge in [-0.2, -0.15) is 0 Å². The van der Waals surface area contributed by atoms with Crippen LogP contribution in [-0.4, -0.2) is 24.1 Å². The quantitative estimate of drug-likeness (QED) is 0.914. The van der Waals surface area contributed by atoms with E-state index >= 15 is 0 Å². The van der Waals surface area contributed by atoms with Crippen LogP contribution < -0.4 is 14.8 Å². The first kappa shape index (κ1) is 11.6. The lowest BCUT2D eigenvalue weighted by molar-refractivity contribution is -0.118.